The molecule has 0 saturated carbocycles. The Morgan fingerprint density at radius 3 is 2.85 bits per heavy atom. The van der Waals surface area contributed by atoms with Crippen LogP contribution in [0.5, 0.6) is 0 Å². The summed E-state index contributed by atoms with van der Waals surface area (Å²) in [6.07, 6.45) is 1.63. The van der Waals surface area contributed by atoms with Crippen LogP contribution in [0.4, 0.5) is 10.5 Å². The van der Waals surface area contributed by atoms with E-state index in [0.717, 1.165) is 9.86 Å². The number of carbonyl (C=O) groups excluding carboxylic acids is 1. The molecule has 0 saturated heterocycles. The van der Waals surface area contributed by atoms with E-state index in [9.17, 15) is 9.59 Å². The summed E-state index contributed by atoms with van der Waals surface area (Å²) in [5.74, 6) is -1.10. The smallest absolute Gasteiger partial charge is 0.325 e. The Bertz CT molecular complexity index is 675. The van der Waals surface area contributed by atoms with Gasteiger partial charge in [0.15, 0.2) is 0 Å². The highest BCUT2D eigenvalue weighted by atomic mass is 79.9. The summed E-state index contributed by atoms with van der Waals surface area (Å²) in [6.45, 7) is 1.39. The first kappa shape index (κ1) is 14.3. The molecule has 0 aliphatic rings. The molecule has 0 fully saturated rings. The maximum Gasteiger partial charge on any atom is 0.325 e. The standard InChI is InChI=1S/C13H12BrN3O3/c1-7(12(18)19)16-13(20)17-10-4-2-3-8-5-9(14)6-15-11(8)10/h2-7H,1H3,(H,18,19)(H2,16,17,20)/t7-/m1/s1. The highest BCUT2D eigenvalue weighted by molar-refractivity contribution is 9.10. The molecule has 104 valence electrons. The number of hydrogen-bond acceptors (Lipinski definition) is 3. The molecule has 2 aromatic rings. The van der Waals surface area contributed by atoms with Crippen molar-refractivity contribution in [3.63, 3.8) is 0 Å². The summed E-state index contributed by atoms with van der Waals surface area (Å²) in [4.78, 5) is 26.6. The normalized spacial score (nSPS) is 11.9. The zero-order valence-electron chi connectivity index (χ0n) is 10.6. The number of aromatic nitrogens is 1. The quantitative estimate of drug-likeness (QED) is 0.802. The lowest BCUT2D eigenvalue weighted by Gasteiger charge is -2.12. The average molecular weight is 338 g/mol. The lowest BCUT2D eigenvalue weighted by molar-refractivity contribution is -0.138. The molecule has 0 aliphatic heterocycles. The number of hydrogen-bond donors (Lipinski definition) is 3. The first-order valence-electron chi connectivity index (χ1n) is 5.82. The van der Waals surface area contributed by atoms with Crippen molar-refractivity contribution in [2.75, 3.05) is 5.32 Å². The third-order valence-corrected chi connectivity index (χ3v) is 3.08. The summed E-state index contributed by atoms with van der Waals surface area (Å²) in [6, 6.07) is 5.69. The molecule has 0 unspecified atom stereocenters. The number of urea groups is 1. The molecule has 3 N–H and O–H groups in total. The number of carbonyl (C=O) groups is 2. The van der Waals surface area contributed by atoms with E-state index >= 15 is 0 Å². The second kappa shape index (κ2) is 5.87. The fourth-order valence-corrected chi connectivity index (χ4v) is 2.00. The van der Waals surface area contributed by atoms with E-state index in [1.165, 1.54) is 6.92 Å². The molecule has 0 spiro atoms. The van der Waals surface area contributed by atoms with Gasteiger partial charge in [-0.15, -0.1) is 0 Å². The highest BCUT2D eigenvalue weighted by Crippen LogP contribution is 2.23. The number of pyridine rings is 1. The second-order valence-corrected chi connectivity index (χ2v) is 5.10. The van der Waals surface area contributed by atoms with Crippen LogP contribution in [0.1, 0.15) is 6.92 Å². The van der Waals surface area contributed by atoms with E-state index in [4.69, 9.17) is 5.11 Å². The van der Waals surface area contributed by atoms with Crippen LogP contribution in [-0.2, 0) is 4.79 Å². The summed E-state index contributed by atoms with van der Waals surface area (Å²) in [5, 5.41) is 14.5. The van der Waals surface area contributed by atoms with Gasteiger partial charge in [0.2, 0.25) is 0 Å². The number of nitrogens with one attached hydrogen (secondary N) is 2. The maximum absolute atomic E-state index is 11.7. The number of carboxylic acid groups (broad SMARTS) is 1. The van der Waals surface area contributed by atoms with E-state index in [1.54, 1.807) is 18.3 Å². The molecule has 2 amide bonds. The van der Waals surface area contributed by atoms with Crippen LogP contribution >= 0.6 is 15.9 Å². The van der Waals surface area contributed by atoms with E-state index in [0.29, 0.717) is 11.2 Å². The zero-order valence-corrected chi connectivity index (χ0v) is 12.1. The van der Waals surface area contributed by atoms with Crippen LogP contribution in [0.25, 0.3) is 10.9 Å². The number of amides is 2. The van der Waals surface area contributed by atoms with Crippen LogP contribution in [-0.4, -0.2) is 28.1 Å². The van der Waals surface area contributed by atoms with Gasteiger partial charge in [0, 0.05) is 16.1 Å². The predicted molar refractivity (Wildman–Crippen MR) is 78.7 cm³/mol. The summed E-state index contributed by atoms with van der Waals surface area (Å²) in [5.41, 5.74) is 1.15. The van der Waals surface area contributed by atoms with Gasteiger partial charge in [-0.25, -0.2) is 4.79 Å². The van der Waals surface area contributed by atoms with Gasteiger partial charge in [0.25, 0.3) is 0 Å². The van der Waals surface area contributed by atoms with Gasteiger partial charge in [0.05, 0.1) is 11.2 Å². The van der Waals surface area contributed by atoms with Gasteiger partial charge in [-0.1, -0.05) is 12.1 Å². The molecule has 0 bridgehead atoms. The molecule has 0 radical (unpaired) electrons. The minimum Gasteiger partial charge on any atom is -0.480 e. The number of carboxylic acids is 1. The average Bonchev–Trinajstić information content (AvgIpc) is 2.38. The Labute approximate surface area is 123 Å². The van der Waals surface area contributed by atoms with Crippen LogP contribution in [0.2, 0.25) is 0 Å². The minimum absolute atomic E-state index is 0.519. The lowest BCUT2D eigenvalue weighted by atomic mass is 10.2. The molecule has 1 atom stereocenters. The highest BCUT2D eigenvalue weighted by Gasteiger charge is 2.14. The molecule has 2 rings (SSSR count). The monoisotopic (exact) mass is 337 g/mol. The molecular weight excluding hydrogens is 326 g/mol. The third kappa shape index (κ3) is 3.24. The Kier molecular flexibility index (Phi) is 4.19. The predicted octanol–water partition coefficient (Wildman–Crippen LogP) is 2.59. The van der Waals surface area contributed by atoms with E-state index in [1.807, 2.05) is 12.1 Å². The van der Waals surface area contributed by atoms with Gasteiger partial charge in [0.1, 0.15) is 6.04 Å². The van der Waals surface area contributed by atoms with Crippen LogP contribution in [0.3, 0.4) is 0 Å². The Morgan fingerprint density at radius 2 is 2.15 bits per heavy atom. The molecule has 6 nitrogen and oxygen atoms in total. The van der Waals surface area contributed by atoms with Crippen molar-refractivity contribution in [3.8, 4) is 0 Å². The van der Waals surface area contributed by atoms with E-state index < -0.39 is 18.0 Å². The fourth-order valence-electron chi connectivity index (χ4n) is 1.65. The number of rotatable bonds is 3. The first-order valence-corrected chi connectivity index (χ1v) is 6.61. The third-order valence-electron chi connectivity index (χ3n) is 2.64. The topological polar surface area (TPSA) is 91.3 Å². The number of fused-ring (bicyclic) bond motifs is 1. The number of anilines is 1. The molecule has 0 aliphatic carbocycles. The zero-order chi connectivity index (χ0) is 14.7. The second-order valence-electron chi connectivity index (χ2n) is 4.19. The van der Waals surface area contributed by atoms with Crippen molar-refractivity contribution in [2.24, 2.45) is 0 Å². The first-order chi connectivity index (χ1) is 9.47. The van der Waals surface area contributed by atoms with Gasteiger partial charge in [-0.2, -0.15) is 0 Å². The van der Waals surface area contributed by atoms with Gasteiger partial charge in [-0.05, 0) is 35.0 Å². The number of benzene rings is 1. The minimum atomic E-state index is -1.10. The van der Waals surface area contributed by atoms with Crippen molar-refractivity contribution in [3.05, 3.63) is 34.9 Å². The molecule has 1 heterocycles. The van der Waals surface area contributed by atoms with Crippen LogP contribution in [0.15, 0.2) is 34.9 Å². The molecule has 20 heavy (non-hydrogen) atoms. The van der Waals surface area contributed by atoms with Crippen molar-refractivity contribution in [1.29, 1.82) is 0 Å². The lowest BCUT2D eigenvalue weighted by Crippen LogP contribution is -2.40. The number of halogens is 1. The van der Waals surface area contributed by atoms with Gasteiger partial charge in [-0.3, -0.25) is 9.78 Å². The Morgan fingerprint density at radius 1 is 1.40 bits per heavy atom. The summed E-state index contributed by atoms with van der Waals surface area (Å²) in [7, 11) is 0. The van der Waals surface area contributed by atoms with Gasteiger partial charge < -0.3 is 15.7 Å². The SMILES string of the molecule is C[C@@H](NC(=O)Nc1cccc2cc(Br)cnc12)C(=O)O. The maximum atomic E-state index is 11.7. The van der Waals surface area contributed by atoms with E-state index in [-0.39, 0.29) is 0 Å². The largest absolute Gasteiger partial charge is 0.480 e. The number of para-hydroxylation sites is 1. The Balaban J connectivity index is 2.21. The van der Waals surface area contributed by atoms with Crippen molar-refractivity contribution in [2.45, 2.75) is 13.0 Å². The molecule has 7 heteroatoms. The van der Waals surface area contributed by atoms with Crippen molar-refractivity contribution >= 4 is 44.5 Å². The molecule has 1 aromatic carbocycles. The van der Waals surface area contributed by atoms with Crippen molar-refractivity contribution in [1.82, 2.24) is 10.3 Å². The number of aliphatic carboxylic acids is 1. The molecule has 1 aromatic heterocycles. The van der Waals surface area contributed by atoms with Crippen LogP contribution in [0, 0.1) is 0 Å². The number of nitrogens with zero attached hydrogens (tertiary/aromatic N) is 1. The summed E-state index contributed by atoms with van der Waals surface area (Å²) < 4.78 is 0.839. The van der Waals surface area contributed by atoms with E-state index in [2.05, 4.69) is 31.5 Å². The van der Waals surface area contributed by atoms with Crippen LogP contribution < -0.4 is 10.6 Å². The van der Waals surface area contributed by atoms with Gasteiger partial charge >= 0.3 is 12.0 Å². The molecular formula is C13H12BrN3O3. The fraction of sp³-hybridized carbons (Fsp3) is 0.154. The van der Waals surface area contributed by atoms with Crippen molar-refractivity contribution < 1.29 is 14.7 Å². The summed E-state index contributed by atoms with van der Waals surface area (Å²) >= 11 is 3.33. The Hall–Kier alpha value is -2.15.